The summed E-state index contributed by atoms with van der Waals surface area (Å²) in [5, 5.41) is 21.6. The molecule has 0 aliphatic carbocycles. The van der Waals surface area contributed by atoms with Crippen LogP contribution in [0, 0.1) is 0 Å². The lowest BCUT2D eigenvalue weighted by atomic mass is 10.1. The predicted molar refractivity (Wildman–Crippen MR) is 155 cm³/mol. The molecule has 41 heavy (non-hydrogen) atoms. The SMILES string of the molecule is C[C@@H]1CN(c2cc(Nc3ccc4c(c3)cc(OCC(=O)N3CCC[C@H]3CO)c(=O)n4C)n3ncnc3n2)C[C@H](C)N1. The molecule has 6 rings (SSSR count). The van der Waals surface area contributed by atoms with Crippen LogP contribution in [0.5, 0.6) is 5.75 Å². The van der Waals surface area contributed by atoms with E-state index in [0.717, 1.165) is 48.3 Å². The summed E-state index contributed by atoms with van der Waals surface area (Å²) in [6.07, 6.45) is 3.09. The number of hydrogen-bond acceptors (Lipinski definition) is 10. The molecule has 2 saturated heterocycles. The number of amides is 1. The van der Waals surface area contributed by atoms with Gasteiger partial charge in [-0.2, -0.15) is 19.6 Å². The number of aliphatic hydroxyl groups excluding tert-OH is 1. The number of nitrogens with one attached hydrogen (secondary N) is 2. The van der Waals surface area contributed by atoms with Gasteiger partial charge in [0.25, 0.3) is 17.2 Å². The van der Waals surface area contributed by atoms with Gasteiger partial charge < -0.3 is 34.8 Å². The fraction of sp³-hybridized carbons (Fsp3) is 0.464. The van der Waals surface area contributed by atoms with Gasteiger partial charge in [-0.05, 0) is 51.0 Å². The van der Waals surface area contributed by atoms with Gasteiger partial charge in [0.1, 0.15) is 18.0 Å². The first-order chi connectivity index (χ1) is 19.8. The predicted octanol–water partition coefficient (Wildman–Crippen LogP) is 1.27. The molecule has 3 aromatic heterocycles. The van der Waals surface area contributed by atoms with Crippen molar-refractivity contribution in [3.8, 4) is 5.75 Å². The molecule has 2 fully saturated rings. The van der Waals surface area contributed by atoms with Crippen molar-refractivity contribution in [3.05, 3.63) is 47.0 Å². The quantitative estimate of drug-likeness (QED) is 0.302. The molecule has 0 saturated carbocycles. The van der Waals surface area contributed by atoms with Crippen LogP contribution < -0.4 is 25.8 Å². The van der Waals surface area contributed by atoms with Crippen molar-refractivity contribution in [1.82, 2.24) is 34.4 Å². The maximum Gasteiger partial charge on any atom is 0.293 e. The Morgan fingerprint density at radius 1 is 1.20 bits per heavy atom. The van der Waals surface area contributed by atoms with Crippen LogP contribution in [-0.2, 0) is 11.8 Å². The number of fused-ring (bicyclic) bond motifs is 2. The first kappa shape index (κ1) is 27.0. The van der Waals surface area contributed by atoms with Crippen molar-refractivity contribution in [1.29, 1.82) is 0 Å². The van der Waals surface area contributed by atoms with Crippen LogP contribution in [-0.4, -0.2) is 91.0 Å². The minimum absolute atomic E-state index is 0.0768. The van der Waals surface area contributed by atoms with Gasteiger partial charge in [-0.1, -0.05) is 0 Å². The Hall–Kier alpha value is -4.23. The molecule has 5 heterocycles. The first-order valence-corrected chi connectivity index (χ1v) is 14.0. The van der Waals surface area contributed by atoms with E-state index in [2.05, 4.69) is 39.5 Å². The summed E-state index contributed by atoms with van der Waals surface area (Å²) in [5.74, 6) is 1.87. The van der Waals surface area contributed by atoms with E-state index in [1.165, 1.54) is 10.9 Å². The van der Waals surface area contributed by atoms with E-state index in [1.807, 2.05) is 24.3 Å². The van der Waals surface area contributed by atoms with Crippen LogP contribution in [0.15, 0.2) is 41.5 Å². The van der Waals surface area contributed by atoms with E-state index in [4.69, 9.17) is 9.72 Å². The number of aromatic nitrogens is 5. The molecule has 3 atom stereocenters. The van der Waals surface area contributed by atoms with Crippen LogP contribution in [0.25, 0.3) is 16.7 Å². The largest absolute Gasteiger partial charge is 0.478 e. The van der Waals surface area contributed by atoms with Crippen molar-refractivity contribution in [2.24, 2.45) is 7.05 Å². The molecule has 13 heteroatoms. The number of aryl methyl sites for hydroxylation is 1. The number of anilines is 3. The number of piperazine rings is 1. The van der Waals surface area contributed by atoms with Crippen LogP contribution >= 0.6 is 0 Å². The minimum atomic E-state index is -0.325. The maximum absolute atomic E-state index is 13.0. The summed E-state index contributed by atoms with van der Waals surface area (Å²) >= 11 is 0. The van der Waals surface area contributed by atoms with Gasteiger partial charge in [0.15, 0.2) is 12.4 Å². The standard InChI is InChI=1S/C28H35N9O4/c1-17-12-35(13-18(2)31-17)24-11-25(37-28(33-24)29-16-30-37)32-20-6-7-22-19(9-20)10-23(27(40)34(22)3)41-15-26(39)36-8-4-5-21(36)14-38/h6-7,9-11,16-18,21,31-32,38H,4-5,8,12-15H2,1-3H3/t17-,18+,21-/m0/s1. The van der Waals surface area contributed by atoms with E-state index in [0.29, 0.717) is 30.2 Å². The zero-order chi connectivity index (χ0) is 28.7. The average molecular weight is 562 g/mol. The van der Waals surface area contributed by atoms with E-state index in [-0.39, 0.29) is 36.5 Å². The Morgan fingerprint density at radius 3 is 2.78 bits per heavy atom. The fourth-order valence-electron chi connectivity index (χ4n) is 5.92. The Balaban J connectivity index is 1.27. The van der Waals surface area contributed by atoms with Crippen LogP contribution in [0.1, 0.15) is 26.7 Å². The van der Waals surface area contributed by atoms with Gasteiger partial charge in [0.05, 0.1) is 18.2 Å². The smallest absolute Gasteiger partial charge is 0.293 e. The van der Waals surface area contributed by atoms with E-state index < -0.39 is 0 Å². The summed E-state index contributed by atoms with van der Waals surface area (Å²) in [4.78, 5) is 38.6. The third-order valence-electron chi connectivity index (χ3n) is 7.84. The van der Waals surface area contributed by atoms with Crippen molar-refractivity contribution in [2.45, 2.75) is 44.8 Å². The number of ether oxygens (including phenoxy) is 1. The van der Waals surface area contributed by atoms with Crippen molar-refractivity contribution in [2.75, 3.05) is 43.1 Å². The number of likely N-dealkylation sites (tertiary alicyclic amines) is 1. The maximum atomic E-state index is 13.0. The topological polar surface area (TPSA) is 142 Å². The van der Waals surface area contributed by atoms with Crippen molar-refractivity contribution >= 4 is 39.9 Å². The normalized spacial score (nSPS) is 21.1. The summed E-state index contributed by atoms with van der Waals surface area (Å²) in [6.45, 7) is 6.22. The summed E-state index contributed by atoms with van der Waals surface area (Å²) < 4.78 is 8.90. The number of benzene rings is 1. The Bertz CT molecular complexity index is 1640. The van der Waals surface area contributed by atoms with Crippen LogP contribution in [0.3, 0.4) is 0 Å². The molecule has 0 radical (unpaired) electrons. The minimum Gasteiger partial charge on any atom is -0.478 e. The second kappa shape index (κ2) is 11.0. The first-order valence-electron chi connectivity index (χ1n) is 14.0. The number of aliphatic hydroxyl groups is 1. The van der Waals surface area contributed by atoms with Crippen molar-refractivity contribution in [3.63, 3.8) is 0 Å². The third-order valence-corrected chi connectivity index (χ3v) is 7.84. The van der Waals surface area contributed by atoms with Crippen LogP contribution in [0.2, 0.25) is 0 Å². The molecular formula is C28H35N9O4. The van der Waals surface area contributed by atoms with Gasteiger partial charge in [0.2, 0.25) is 0 Å². The van der Waals surface area contributed by atoms with Gasteiger partial charge >= 0.3 is 0 Å². The molecular weight excluding hydrogens is 526 g/mol. The zero-order valence-corrected chi connectivity index (χ0v) is 23.4. The summed E-state index contributed by atoms with van der Waals surface area (Å²) in [7, 11) is 1.68. The molecule has 4 aromatic rings. The average Bonchev–Trinajstić information content (AvgIpc) is 3.63. The van der Waals surface area contributed by atoms with E-state index in [9.17, 15) is 14.7 Å². The monoisotopic (exact) mass is 561 g/mol. The molecule has 0 spiro atoms. The van der Waals surface area contributed by atoms with Gasteiger partial charge in [-0.25, -0.2) is 0 Å². The molecule has 13 nitrogen and oxygen atoms in total. The summed E-state index contributed by atoms with van der Waals surface area (Å²) in [5.41, 5.74) is 1.18. The number of carbonyl (C=O) groups excluding carboxylic acids is 1. The van der Waals surface area contributed by atoms with E-state index in [1.54, 1.807) is 22.5 Å². The van der Waals surface area contributed by atoms with Crippen molar-refractivity contribution < 1.29 is 14.6 Å². The highest BCUT2D eigenvalue weighted by molar-refractivity contribution is 5.85. The second-order valence-electron chi connectivity index (χ2n) is 11.0. The number of pyridine rings is 1. The number of nitrogens with zero attached hydrogens (tertiary/aromatic N) is 7. The molecule has 3 N–H and O–H groups in total. The van der Waals surface area contributed by atoms with Gasteiger partial charge in [-0.3, -0.25) is 9.59 Å². The highest BCUT2D eigenvalue weighted by atomic mass is 16.5. The number of hydrogen-bond donors (Lipinski definition) is 3. The highest BCUT2D eigenvalue weighted by Crippen LogP contribution is 2.27. The Kier molecular flexibility index (Phi) is 7.22. The Labute approximate surface area is 236 Å². The fourth-order valence-corrected chi connectivity index (χ4v) is 5.92. The molecule has 2 aliphatic heterocycles. The Morgan fingerprint density at radius 2 is 2.00 bits per heavy atom. The summed E-state index contributed by atoms with van der Waals surface area (Å²) in [6, 6.07) is 9.78. The molecule has 0 unspecified atom stereocenters. The lowest BCUT2D eigenvalue weighted by Crippen LogP contribution is -2.54. The molecule has 2 aliphatic rings. The van der Waals surface area contributed by atoms with E-state index >= 15 is 0 Å². The molecule has 1 aromatic carbocycles. The van der Waals surface area contributed by atoms with Gasteiger partial charge in [0, 0.05) is 55.9 Å². The number of rotatable bonds is 7. The molecule has 216 valence electrons. The zero-order valence-electron chi connectivity index (χ0n) is 23.4. The lowest BCUT2D eigenvalue weighted by molar-refractivity contribution is -0.134. The third kappa shape index (κ3) is 5.30. The number of carbonyl (C=O) groups is 1. The second-order valence-corrected chi connectivity index (χ2v) is 11.0. The molecule has 1 amide bonds. The highest BCUT2D eigenvalue weighted by Gasteiger charge is 2.28. The van der Waals surface area contributed by atoms with Crippen LogP contribution in [0.4, 0.5) is 17.3 Å². The molecule has 0 bridgehead atoms. The lowest BCUT2D eigenvalue weighted by Gasteiger charge is -2.37. The van der Waals surface area contributed by atoms with Gasteiger partial charge in [-0.15, -0.1) is 0 Å².